The summed E-state index contributed by atoms with van der Waals surface area (Å²) in [4.78, 5) is 18.9. The second kappa shape index (κ2) is 5.28. The summed E-state index contributed by atoms with van der Waals surface area (Å²) in [5.41, 5.74) is 0.835. The quantitative estimate of drug-likeness (QED) is 0.914. The van der Waals surface area contributed by atoms with Crippen molar-refractivity contribution in [1.82, 2.24) is 9.97 Å². The summed E-state index contributed by atoms with van der Waals surface area (Å²) in [5.74, 6) is 0.379. The van der Waals surface area contributed by atoms with Crippen LogP contribution in [0.1, 0.15) is 5.56 Å². The highest BCUT2D eigenvalue weighted by molar-refractivity contribution is 5.74. The molecule has 1 N–H and O–H groups in total. The second-order valence-corrected chi connectivity index (χ2v) is 4.40. The van der Waals surface area contributed by atoms with Crippen LogP contribution in [0.3, 0.4) is 0 Å². The summed E-state index contributed by atoms with van der Waals surface area (Å²) >= 11 is 0. The van der Waals surface area contributed by atoms with Gasteiger partial charge >= 0.3 is 12.0 Å². The fourth-order valence-corrected chi connectivity index (χ4v) is 2.00. The van der Waals surface area contributed by atoms with Crippen LogP contribution in [0.25, 0.3) is 0 Å². The van der Waals surface area contributed by atoms with Gasteiger partial charge in [-0.3, -0.25) is 0 Å². The Morgan fingerprint density at radius 2 is 2.29 bits per heavy atom. The number of benzene rings is 1. The van der Waals surface area contributed by atoms with Gasteiger partial charge in [-0.15, -0.1) is 0 Å². The van der Waals surface area contributed by atoms with Gasteiger partial charge in [0.2, 0.25) is 5.88 Å². The maximum atomic E-state index is 10.9. The minimum absolute atomic E-state index is 0.141. The molecule has 2 aromatic rings. The maximum Gasteiger partial charge on any atom is 0.345 e. The molecule has 0 saturated heterocycles. The van der Waals surface area contributed by atoms with Gasteiger partial charge < -0.3 is 19.3 Å². The minimum atomic E-state index is -0.982. The Labute approximate surface area is 120 Å². The zero-order chi connectivity index (χ0) is 14.8. The Hall–Kier alpha value is -2.83. The number of fused-ring (bicyclic) bond motifs is 1. The first-order valence-corrected chi connectivity index (χ1v) is 6.23. The molecule has 108 valence electrons. The number of aromatic nitrogens is 2. The van der Waals surface area contributed by atoms with Gasteiger partial charge in [-0.2, -0.15) is 4.98 Å². The van der Waals surface area contributed by atoms with Crippen LogP contribution in [0.4, 0.5) is 0 Å². The van der Waals surface area contributed by atoms with Gasteiger partial charge in [-0.05, 0) is 11.6 Å². The Morgan fingerprint density at radius 1 is 1.43 bits per heavy atom. The molecule has 0 fully saturated rings. The zero-order valence-electron chi connectivity index (χ0n) is 11.1. The zero-order valence-corrected chi connectivity index (χ0v) is 11.1. The standard InChI is InChI=1S/C14H12N2O5/c1-19-12-4-5-15-14(16-12)20-9-3-2-8-6-11(13(17)18)21-10(8)7-9/h2-5,7,11H,6H2,1H3,(H,17,18). The number of carbonyl (C=O) groups is 1. The van der Waals surface area contributed by atoms with Crippen LogP contribution in [0.15, 0.2) is 30.5 Å². The molecule has 7 heteroatoms. The second-order valence-electron chi connectivity index (χ2n) is 4.40. The number of hydrogen-bond acceptors (Lipinski definition) is 6. The molecule has 2 heterocycles. The van der Waals surface area contributed by atoms with Gasteiger partial charge in [0.1, 0.15) is 11.5 Å². The van der Waals surface area contributed by atoms with E-state index in [1.165, 1.54) is 13.3 Å². The van der Waals surface area contributed by atoms with Gasteiger partial charge in [-0.25, -0.2) is 9.78 Å². The van der Waals surface area contributed by atoms with E-state index in [0.29, 0.717) is 23.8 Å². The van der Waals surface area contributed by atoms with Gasteiger partial charge in [0.25, 0.3) is 0 Å². The molecule has 1 aromatic carbocycles. The Morgan fingerprint density at radius 3 is 3.05 bits per heavy atom. The van der Waals surface area contributed by atoms with E-state index in [4.69, 9.17) is 19.3 Å². The predicted octanol–water partition coefficient (Wildman–Crippen LogP) is 1.67. The van der Waals surface area contributed by atoms with Crippen molar-refractivity contribution >= 4 is 5.97 Å². The molecule has 0 aliphatic carbocycles. The van der Waals surface area contributed by atoms with Crippen molar-refractivity contribution in [2.75, 3.05) is 7.11 Å². The van der Waals surface area contributed by atoms with Crippen LogP contribution in [0.2, 0.25) is 0 Å². The van der Waals surface area contributed by atoms with Crippen molar-refractivity contribution in [1.29, 1.82) is 0 Å². The van der Waals surface area contributed by atoms with Crippen LogP contribution in [0.5, 0.6) is 23.4 Å². The first-order chi connectivity index (χ1) is 10.2. The largest absolute Gasteiger partial charge is 0.481 e. The third-order valence-corrected chi connectivity index (χ3v) is 3.01. The molecule has 1 aliphatic heterocycles. The first kappa shape index (κ1) is 13.2. The van der Waals surface area contributed by atoms with Crippen molar-refractivity contribution in [2.45, 2.75) is 12.5 Å². The molecule has 0 bridgehead atoms. The van der Waals surface area contributed by atoms with Crippen LogP contribution in [-0.4, -0.2) is 34.3 Å². The van der Waals surface area contributed by atoms with E-state index >= 15 is 0 Å². The lowest BCUT2D eigenvalue weighted by molar-refractivity contribution is -0.144. The van der Waals surface area contributed by atoms with Crippen molar-refractivity contribution in [3.8, 4) is 23.4 Å². The Balaban J connectivity index is 1.79. The summed E-state index contributed by atoms with van der Waals surface area (Å²) in [6.07, 6.45) is 1.02. The summed E-state index contributed by atoms with van der Waals surface area (Å²) in [5, 5.41) is 8.96. The Kier molecular flexibility index (Phi) is 3.31. The molecule has 0 saturated carbocycles. The summed E-state index contributed by atoms with van der Waals surface area (Å²) in [7, 11) is 1.50. The van der Waals surface area contributed by atoms with E-state index in [1.54, 1.807) is 24.3 Å². The number of carboxylic acid groups (broad SMARTS) is 1. The lowest BCUT2D eigenvalue weighted by Crippen LogP contribution is -2.24. The number of aliphatic carboxylic acids is 1. The number of nitrogens with zero attached hydrogens (tertiary/aromatic N) is 2. The van der Waals surface area contributed by atoms with E-state index < -0.39 is 12.1 Å². The molecule has 0 radical (unpaired) electrons. The van der Waals surface area contributed by atoms with Gasteiger partial charge in [-0.1, -0.05) is 6.07 Å². The predicted molar refractivity (Wildman–Crippen MR) is 70.9 cm³/mol. The average molecular weight is 288 g/mol. The molecule has 0 spiro atoms. The third kappa shape index (κ3) is 2.71. The number of hydrogen-bond donors (Lipinski definition) is 1. The molecule has 0 amide bonds. The summed E-state index contributed by atoms with van der Waals surface area (Å²) < 4.78 is 15.8. The minimum Gasteiger partial charge on any atom is -0.481 e. The highest BCUT2D eigenvalue weighted by atomic mass is 16.5. The Bertz CT molecular complexity index is 689. The first-order valence-electron chi connectivity index (χ1n) is 6.23. The van der Waals surface area contributed by atoms with E-state index in [1.807, 2.05) is 0 Å². The van der Waals surface area contributed by atoms with Crippen LogP contribution in [0, 0.1) is 0 Å². The lowest BCUT2D eigenvalue weighted by atomic mass is 10.1. The summed E-state index contributed by atoms with van der Waals surface area (Å²) in [6, 6.07) is 6.86. The lowest BCUT2D eigenvalue weighted by Gasteiger charge is -2.07. The molecular weight excluding hydrogens is 276 g/mol. The van der Waals surface area contributed by atoms with Gasteiger partial charge in [0.15, 0.2) is 6.10 Å². The monoisotopic (exact) mass is 288 g/mol. The fraction of sp³-hybridized carbons (Fsp3) is 0.214. The van der Waals surface area contributed by atoms with Gasteiger partial charge in [0.05, 0.1) is 7.11 Å². The smallest absolute Gasteiger partial charge is 0.345 e. The number of rotatable bonds is 4. The molecule has 3 rings (SSSR count). The topological polar surface area (TPSA) is 90.8 Å². The van der Waals surface area contributed by atoms with Crippen LogP contribution < -0.4 is 14.2 Å². The SMILES string of the molecule is COc1ccnc(Oc2ccc3c(c2)OC(C(=O)O)C3)n1. The van der Waals surface area contributed by atoms with Crippen molar-refractivity contribution in [2.24, 2.45) is 0 Å². The van der Waals surface area contributed by atoms with Crippen molar-refractivity contribution in [3.05, 3.63) is 36.0 Å². The normalized spacial score (nSPS) is 16.0. The van der Waals surface area contributed by atoms with Crippen LogP contribution >= 0.6 is 0 Å². The van der Waals surface area contributed by atoms with E-state index in [0.717, 1.165) is 5.56 Å². The maximum absolute atomic E-state index is 10.9. The molecule has 1 unspecified atom stereocenters. The summed E-state index contributed by atoms with van der Waals surface area (Å²) in [6.45, 7) is 0. The molecular formula is C14H12N2O5. The molecule has 21 heavy (non-hydrogen) atoms. The molecule has 1 aromatic heterocycles. The highest BCUT2D eigenvalue weighted by Gasteiger charge is 2.29. The highest BCUT2D eigenvalue weighted by Crippen LogP contribution is 2.33. The molecule has 7 nitrogen and oxygen atoms in total. The van der Waals surface area contributed by atoms with E-state index in [2.05, 4.69) is 9.97 Å². The number of methoxy groups -OCH3 is 1. The van der Waals surface area contributed by atoms with E-state index in [9.17, 15) is 4.79 Å². The van der Waals surface area contributed by atoms with E-state index in [-0.39, 0.29) is 6.01 Å². The molecule has 1 aliphatic rings. The van der Waals surface area contributed by atoms with Gasteiger partial charge in [0, 0.05) is 24.8 Å². The van der Waals surface area contributed by atoms with Crippen LogP contribution in [-0.2, 0) is 11.2 Å². The fourth-order valence-electron chi connectivity index (χ4n) is 2.00. The molecule has 1 atom stereocenters. The third-order valence-electron chi connectivity index (χ3n) is 3.01. The number of ether oxygens (including phenoxy) is 3. The average Bonchev–Trinajstić information content (AvgIpc) is 2.91. The van der Waals surface area contributed by atoms with Crippen molar-refractivity contribution < 1.29 is 24.1 Å². The van der Waals surface area contributed by atoms with Crippen molar-refractivity contribution in [3.63, 3.8) is 0 Å². The number of carboxylic acids is 1.